The highest BCUT2D eigenvalue weighted by molar-refractivity contribution is 6.06. The number of carbonyl (C=O) groups is 2. The Balaban J connectivity index is 1.46. The van der Waals surface area contributed by atoms with Crippen LogP contribution in [0.2, 0.25) is 0 Å². The third-order valence-corrected chi connectivity index (χ3v) is 6.63. The molecule has 0 saturated heterocycles. The summed E-state index contributed by atoms with van der Waals surface area (Å²) < 4.78 is 22.0. The number of pyridine rings is 1. The first-order valence-electron chi connectivity index (χ1n) is 12.3. The number of rotatable bonds is 7. The quantitative estimate of drug-likeness (QED) is 0.320. The average molecular weight is 513 g/mol. The summed E-state index contributed by atoms with van der Waals surface area (Å²) in [5.74, 6) is 0.531. The molecule has 38 heavy (non-hydrogen) atoms. The van der Waals surface area contributed by atoms with Gasteiger partial charge in [0, 0.05) is 23.2 Å². The average Bonchev–Trinajstić information content (AvgIpc) is 2.97. The van der Waals surface area contributed by atoms with E-state index in [1.165, 1.54) is 21.3 Å². The second kappa shape index (κ2) is 10.8. The van der Waals surface area contributed by atoms with Gasteiger partial charge in [0.25, 0.3) is 5.91 Å². The van der Waals surface area contributed by atoms with Crippen LogP contribution < -0.4 is 19.1 Å². The highest BCUT2D eigenvalue weighted by atomic mass is 16.5. The summed E-state index contributed by atoms with van der Waals surface area (Å²) in [4.78, 5) is 32.8. The van der Waals surface area contributed by atoms with E-state index in [4.69, 9.17) is 23.9 Å². The number of esters is 1. The molecular formula is C30H28N2O6. The molecule has 0 radical (unpaired) electrons. The maximum Gasteiger partial charge on any atom is 0.339 e. The van der Waals surface area contributed by atoms with Crippen molar-refractivity contribution in [2.24, 2.45) is 0 Å². The molecule has 1 aliphatic rings. The zero-order valence-electron chi connectivity index (χ0n) is 21.5. The van der Waals surface area contributed by atoms with E-state index < -0.39 is 5.97 Å². The van der Waals surface area contributed by atoms with E-state index in [1.54, 1.807) is 29.2 Å². The molecular weight excluding hydrogens is 484 g/mol. The molecule has 0 aliphatic carbocycles. The smallest absolute Gasteiger partial charge is 0.339 e. The minimum atomic E-state index is -0.601. The van der Waals surface area contributed by atoms with Crippen LogP contribution in [-0.2, 0) is 16.0 Å². The Morgan fingerprint density at radius 2 is 1.61 bits per heavy atom. The van der Waals surface area contributed by atoms with Crippen LogP contribution in [0.5, 0.6) is 17.2 Å². The Kier molecular flexibility index (Phi) is 7.13. The minimum absolute atomic E-state index is 0.256. The summed E-state index contributed by atoms with van der Waals surface area (Å²) >= 11 is 0. The van der Waals surface area contributed by atoms with Gasteiger partial charge in [-0.1, -0.05) is 36.4 Å². The largest absolute Gasteiger partial charge is 0.493 e. The molecule has 1 aromatic heterocycles. The van der Waals surface area contributed by atoms with Gasteiger partial charge < -0.3 is 23.8 Å². The van der Waals surface area contributed by atoms with Gasteiger partial charge in [-0.25, -0.2) is 9.78 Å². The highest BCUT2D eigenvalue weighted by Crippen LogP contribution is 2.41. The zero-order valence-corrected chi connectivity index (χ0v) is 21.5. The third-order valence-electron chi connectivity index (χ3n) is 6.63. The first-order chi connectivity index (χ1) is 18.5. The summed E-state index contributed by atoms with van der Waals surface area (Å²) in [5, 5.41) is 0.629. The molecule has 0 spiro atoms. The molecule has 2 heterocycles. The lowest BCUT2D eigenvalue weighted by Gasteiger charge is -2.29. The highest BCUT2D eigenvalue weighted by Gasteiger charge is 2.24. The van der Waals surface area contributed by atoms with E-state index >= 15 is 0 Å². The van der Waals surface area contributed by atoms with Crippen molar-refractivity contribution in [3.8, 4) is 28.5 Å². The minimum Gasteiger partial charge on any atom is -0.493 e. The van der Waals surface area contributed by atoms with Gasteiger partial charge in [0.1, 0.15) is 0 Å². The second-order valence-electron chi connectivity index (χ2n) is 8.84. The Hall–Kier alpha value is -4.59. The molecule has 0 saturated carbocycles. The molecule has 194 valence electrons. The monoisotopic (exact) mass is 512 g/mol. The van der Waals surface area contributed by atoms with Crippen molar-refractivity contribution >= 4 is 28.5 Å². The van der Waals surface area contributed by atoms with E-state index in [-0.39, 0.29) is 12.5 Å². The standard InChI is InChI=1S/C30H28N2O6/c1-35-26-15-20(16-27(36-2)29(26)37-3)24-17-22(21-11-5-6-12-23(21)31-24)30(34)38-18-28(33)32-14-8-10-19-9-4-7-13-25(19)32/h4-7,9,11-13,15-17H,8,10,14,18H2,1-3H3. The summed E-state index contributed by atoms with van der Waals surface area (Å²) in [6.07, 6.45) is 1.79. The van der Waals surface area contributed by atoms with Crippen LogP contribution in [0.15, 0.2) is 66.7 Å². The van der Waals surface area contributed by atoms with Crippen LogP contribution in [-0.4, -0.2) is 51.3 Å². The fraction of sp³-hybridized carbons (Fsp3) is 0.233. The molecule has 0 unspecified atom stereocenters. The fourth-order valence-electron chi connectivity index (χ4n) is 4.80. The van der Waals surface area contributed by atoms with Crippen LogP contribution in [0, 0.1) is 0 Å². The molecule has 0 fully saturated rings. The number of hydrogen-bond acceptors (Lipinski definition) is 7. The zero-order chi connectivity index (χ0) is 26.6. The van der Waals surface area contributed by atoms with Crippen molar-refractivity contribution in [1.29, 1.82) is 0 Å². The van der Waals surface area contributed by atoms with E-state index in [9.17, 15) is 9.59 Å². The molecule has 5 rings (SSSR count). The third kappa shape index (κ3) is 4.72. The molecule has 0 bridgehead atoms. The Morgan fingerprint density at radius 1 is 0.895 bits per heavy atom. The lowest BCUT2D eigenvalue weighted by molar-refractivity contribution is -0.121. The van der Waals surface area contributed by atoms with Crippen molar-refractivity contribution in [1.82, 2.24) is 4.98 Å². The molecule has 1 aliphatic heterocycles. The normalized spacial score (nSPS) is 12.6. The number of aromatic nitrogens is 1. The maximum absolute atomic E-state index is 13.3. The molecule has 0 N–H and O–H groups in total. The number of ether oxygens (including phenoxy) is 4. The van der Waals surface area contributed by atoms with Gasteiger partial charge in [-0.3, -0.25) is 4.79 Å². The lowest BCUT2D eigenvalue weighted by atomic mass is 10.0. The summed E-state index contributed by atoms with van der Waals surface area (Å²) in [6, 6.07) is 20.3. The van der Waals surface area contributed by atoms with E-state index in [2.05, 4.69) is 0 Å². The fourth-order valence-corrected chi connectivity index (χ4v) is 4.80. The first kappa shape index (κ1) is 25.1. The van der Waals surface area contributed by atoms with Gasteiger partial charge in [-0.2, -0.15) is 0 Å². The Labute approximate surface area is 220 Å². The second-order valence-corrected chi connectivity index (χ2v) is 8.84. The van der Waals surface area contributed by atoms with Gasteiger partial charge in [-0.15, -0.1) is 0 Å². The van der Waals surface area contributed by atoms with Gasteiger partial charge in [0.15, 0.2) is 18.1 Å². The first-order valence-corrected chi connectivity index (χ1v) is 12.3. The number of aryl methyl sites for hydroxylation is 1. The SMILES string of the molecule is COc1cc(-c2cc(C(=O)OCC(=O)N3CCCc4ccccc43)c3ccccc3n2)cc(OC)c1OC. The van der Waals surface area contributed by atoms with Gasteiger partial charge >= 0.3 is 5.97 Å². The van der Waals surface area contributed by atoms with Crippen LogP contribution in [0.25, 0.3) is 22.2 Å². The molecule has 8 nitrogen and oxygen atoms in total. The summed E-state index contributed by atoms with van der Waals surface area (Å²) in [5.41, 5.74) is 4.10. The number of amides is 1. The number of nitrogens with zero attached hydrogens (tertiary/aromatic N) is 2. The summed E-state index contributed by atoms with van der Waals surface area (Å²) in [7, 11) is 4.61. The van der Waals surface area contributed by atoms with E-state index in [0.29, 0.717) is 51.5 Å². The van der Waals surface area contributed by atoms with Crippen LogP contribution >= 0.6 is 0 Å². The van der Waals surface area contributed by atoms with E-state index in [1.807, 2.05) is 42.5 Å². The van der Waals surface area contributed by atoms with Crippen LogP contribution in [0.3, 0.4) is 0 Å². The predicted molar refractivity (Wildman–Crippen MR) is 144 cm³/mol. The Bertz CT molecular complexity index is 1490. The number of benzene rings is 3. The number of carbonyl (C=O) groups excluding carboxylic acids is 2. The predicted octanol–water partition coefficient (Wildman–Crippen LogP) is 5.06. The van der Waals surface area contributed by atoms with Gasteiger partial charge in [0.05, 0.1) is 38.1 Å². The number of hydrogen-bond donors (Lipinski definition) is 0. The van der Waals surface area contributed by atoms with Crippen molar-refractivity contribution in [3.63, 3.8) is 0 Å². The summed E-state index contributed by atoms with van der Waals surface area (Å²) in [6.45, 7) is 0.236. The van der Waals surface area contributed by atoms with Crippen molar-refractivity contribution in [2.45, 2.75) is 12.8 Å². The van der Waals surface area contributed by atoms with Crippen LogP contribution in [0.4, 0.5) is 5.69 Å². The van der Waals surface area contributed by atoms with Gasteiger partial charge in [0.2, 0.25) is 5.75 Å². The van der Waals surface area contributed by atoms with Crippen molar-refractivity contribution in [2.75, 3.05) is 39.4 Å². The van der Waals surface area contributed by atoms with Crippen molar-refractivity contribution in [3.05, 3.63) is 77.9 Å². The van der Waals surface area contributed by atoms with Crippen molar-refractivity contribution < 1.29 is 28.5 Å². The number of anilines is 1. The van der Waals surface area contributed by atoms with Crippen LogP contribution in [0.1, 0.15) is 22.3 Å². The molecule has 0 atom stereocenters. The molecule has 8 heteroatoms. The topological polar surface area (TPSA) is 87.2 Å². The molecule has 4 aromatic rings. The van der Waals surface area contributed by atoms with E-state index in [0.717, 1.165) is 24.1 Å². The van der Waals surface area contributed by atoms with Gasteiger partial charge in [-0.05, 0) is 48.7 Å². The lowest BCUT2D eigenvalue weighted by Crippen LogP contribution is -2.38. The molecule has 3 aromatic carbocycles. The number of para-hydroxylation sites is 2. The molecule has 1 amide bonds. The number of methoxy groups -OCH3 is 3. The Morgan fingerprint density at radius 3 is 2.34 bits per heavy atom. The maximum atomic E-state index is 13.3. The number of fused-ring (bicyclic) bond motifs is 2.